The van der Waals surface area contributed by atoms with Crippen LogP contribution in [0.5, 0.6) is 0 Å². The number of carbonyl (C=O) groups is 2. The molecule has 1 aromatic carbocycles. The van der Waals surface area contributed by atoms with Crippen molar-refractivity contribution < 1.29 is 14.8 Å². The van der Waals surface area contributed by atoms with E-state index in [4.69, 9.17) is 5.21 Å². The van der Waals surface area contributed by atoms with Gasteiger partial charge in [-0.2, -0.15) is 0 Å². The van der Waals surface area contributed by atoms with Crippen molar-refractivity contribution in [3.05, 3.63) is 53.7 Å². The van der Waals surface area contributed by atoms with E-state index in [2.05, 4.69) is 4.98 Å². The molecule has 0 saturated carbocycles. The highest BCUT2D eigenvalue weighted by Gasteiger charge is 2.32. The first-order valence-electron chi connectivity index (χ1n) is 8.38. The zero-order valence-corrected chi connectivity index (χ0v) is 14.5. The van der Waals surface area contributed by atoms with Gasteiger partial charge in [0.15, 0.2) is 0 Å². The summed E-state index contributed by atoms with van der Waals surface area (Å²) >= 11 is 0. The Morgan fingerprint density at radius 2 is 2.04 bits per heavy atom. The van der Waals surface area contributed by atoms with E-state index in [0.29, 0.717) is 24.6 Å². The molecule has 1 aliphatic heterocycles. The number of nitrogens with zero attached hydrogens (tertiary/aromatic N) is 4. The molecule has 0 fully saturated rings. The van der Waals surface area contributed by atoms with Crippen LogP contribution in [-0.4, -0.2) is 42.6 Å². The van der Waals surface area contributed by atoms with Crippen molar-refractivity contribution in [3.63, 3.8) is 0 Å². The van der Waals surface area contributed by atoms with Gasteiger partial charge in [-0.3, -0.25) is 14.8 Å². The average molecular weight is 353 g/mol. The monoisotopic (exact) mass is 353 g/mol. The topological polar surface area (TPSA) is 92.4 Å². The zero-order chi connectivity index (χ0) is 18.4. The minimum atomic E-state index is -0.661. The number of amides is 2. The molecule has 0 aliphatic carbocycles. The lowest BCUT2D eigenvalue weighted by Gasteiger charge is -2.33. The molecule has 8 nitrogen and oxygen atoms in total. The lowest BCUT2D eigenvalue weighted by Crippen LogP contribution is -2.41. The number of aromatic nitrogens is 3. The number of aryl methyl sites for hydroxylation is 1. The maximum atomic E-state index is 13.2. The van der Waals surface area contributed by atoms with Crippen LogP contribution in [-0.2, 0) is 13.6 Å². The second-order valence-corrected chi connectivity index (χ2v) is 6.44. The summed E-state index contributed by atoms with van der Waals surface area (Å²) in [4.78, 5) is 30.8. The molecule has 4 rings (SSSR count). The smallest absolute Gasteiger partial charge is 0.294 e. The van der Waals surface area contributed by atoms with Gasteiger partial charge in [-0.1, -0.05) is 18.2 Å². The van der Waals surface area contributed by atoms with Crippen molar-refractivity contribution in [2.45, 2.75) is 19.5 Å². The largest absolute Gasteiger partial charge is 0.340 e. The van der Waals surface area contributed by atoms with Gasteiger partial charge in [-0.05, 0) is 19.1 Å². The number of carbonyl (C=O) groups excluding carboxylic acids is 2. The SMILES string of the molecule is CC1c2nc(C(=O)NO)cn2CCN1C(=O)c1cc2ccccc2n1C. The fourth-order valence-electron chi connectivity index (χ4n) is 3.58. The van der Waals surface area contributed by atoms with Gasteiger partial charge in [0.05, 0.1) is 6.04 Å². The molecular weight excluding hydrogens is 334 g/mol. The van der Waals surface area contributed by atoms with Gasteiger partial charge in [-0.25, -0.2) is 10.5 Å². The first-order chi connectivity index (χ1) is 12.5. The molecule has 0 spiro atoms. The van der Waals surface area contributed by atoms with E-state index in [1.807, 2.05) is 53.4 Å². The van der Waals surface area contributed by atoms with Crippen molar-refractivity contribution in [2.24, 2.45) is 7.05 Å². The van der Waals surface area contributed by atoms with Crippen LogP contribution in [0.1, 0.15) is 39.8 Å². The van der Waals surface area contributed by atoms with Crippen LogP contribution in [0.3, 0.4) is 0 Å². The molecule has 2 aromatic heterocycles. The summed E-state index contributed by atoms with van der Waals surface area (Å²) in [7, 11) is 1.88. The third-order valence-corrected chi connectivity index (χ3v) is 5.00. The third-order valence-electron chi connectivity index (χ3n) is 5.00. The molecule has 3 heterocycles. The molecule has 0 radical (unpaired) electrons. The minimum Gasteiger partial charge on any atom is -0.340 e. The molecule has 1 atom stereocenters. The highest BCUT2D eigenvalue weighted by atomic mass is 16.5. The molecule has 134 valence electrons. The number of fused-ring (bicyclic) bond motifs is 2. The summed E-state index contributed by atoms with van der Waals surface area (Å²) in [5.74, 6) is -0.105. The van der Waals surface area contributed by atoms with Gasteiger partial charge in [0.25, 0.3) is 11.8 Å². The normalized spacial score (nSPS) is 16.6. The Balaban J connectivity index is 1.68. The number of nitrogens with one attached hydrogen (secondary N) is 1. The Kier molecular flexibility index (Phi) is 3.77. The Morgan fingerprint density at radius 1 is 1.27 bits per heavy atom. The van der Waals surface area contributed by atoms with Crippen LogP contribution < -0.4 is 5.48 Å². The van der Waals surface area contributed by atoms with E-state index in [9.17, 15) is 9.59 Å². The molecule has 0 saturated heterocycles. The zero-order valence-electron chi connectivity index (χ0n) is 14.5. The fourth-order valence-corrected chi connectivity index (χ4v) is 3.58. The van der Waals surface area contributed by atoms with Crippen molar-refractivity contribution in [1.29, 1.82) is 0 Å². The lowest BCUT2D eigenvalue weighted by atomic mass is 10.2. The van der Waals surface area contributed by atoms with Crippen molar-refractivity contribution in [3.8, 4) is 0 Å². The summed E-state index contributed by atoms with van der Waals surface area (Å²) in [6.07, 6.45) is 1.59. The maximum absolute atomic E-state index is 13.2. The minimum absolute atomic E-state index is 0.0707. The Hall–Kier alpha value is -3.13. The summed E-state index contributed by atoms with van der Waals surface area (Å²) in [6, 6.07) is 9.48. The highest BCUT2D eigenvalue weighted by Crippen LogP contribution is 2.28. The first kappa shape index (κ1) is 16.3. The van der Waals surface area contributed by atoms with Crippen LogP contribution in [0.25, 0.3) is 10.9 Å². The summed E-state index contributed by atoms with van der Waals surface area (Å²) < 4.78 is 3.75. The van der Waals surface area contributed by atoms with Crippen LogP contribution in [0.4, 0.5) is 0 Å². The van der Waals surface area contributed by atoms with Gasteiger partial charge in [-0.15, -0.1) is 0 Å². The number of hydrogen-bond donors (Lipinski definition) is 2. The van der Waals surface area contributed by atoms with E-state index >= 15 is 0 Å². The molecule has 0 bridgehead atoms. The Bertz CT molecular complexity index is 1020. The third kappa shape index (κ3) is 2.38. The molecular formula is C18H19N5O3. The van der Waals surface area contributed by atoms with Gasteiger partial charge in [0, 0.05) is 37.2 Å². The van der Waals surface area contributed by atoms with Crippen molar-refractivity contribution >= 4 is 22.7 Å². The highest BCUT2D eigenvalue weighted by molar-refractivity contribution is 5.99. The van der Waals surface area contributed by atoms with E-state index in [1.54, 1.807) is 16.6 Å². The van der Waals surface area contributed by atoms with E-state index in [1.165, 1.54) is 0 Å². The number of imidazole rings is 1. The molecule has 1 aliphatic rings. The van der Waals surface area contributed by atoms with Gasteiger partial charge >= 0.3 is 0 Å². The molecule has 26 heavy (non-hydrogen) atoms. The van der Waals surface area contributed by atoms with Gasteiger partial charge in [0.1, 0.15) is 17.2 Å². The second kappa shape index (κ2) is 5.99. The van der Waals surface area contributed by atoms with E-state index in [-0.39, 0.29) is 17.6 Å². The number of hydroxylamine groups is 1. The second-order valence-electron chi connectivity index (χ2n) is 6.44. The van der Waals surface area contributed by atoms with Crippen LogP contribution in [0.2, 0.25) is 0 Å². The van der Waals surface area contributed by atoms with Crippen molar-refractivity contribution in [1.82, 2.24) is 24.5 Å². The van der Waals surface area contributed by atoms with Gasteiger partial charge in [0.2, 0.25) is 0 Å². The lowest BCUT2D eigenvalue weighted by molar-refractivity contribution is 0.0628. The van der Waals surface area contributed by atoms with Gasteiger partial charge < -0.3 is 14.0 Å². The van der Waals surface area contributed by atoms with Crippen LogP contribution in [0, 0.1) is 0 Å². The predicted octanol–water partition coefficient (Wildman–Crippen LogP) is 1.71. The Labute approximate surface area is 149 Å². The summed E-state index contributed by atoms with van der Waals surface area (Å²) in [5, 5.41) is 9.81. The quantitative estimate of drug-likeness (QED) is 0.542. The van der Waals surface area contributed by atoms with E-state index in [0.717, 1.165) is 10.9 Å². The maximum Gasteiger partial charge on any atom is 0.294 e. The molecule has 1 unspecified atom stereocenters. The molecule has 3 aromatic rings. The molecule has 2 amide bonds. The number of para-hydroxylation sites is 1. The summed E-state index contributed by atoms with van der Waals surface area (Å²) in [5.41, 5.74) is 3.34. The summed E-state index contributed by atoms with van der Waals surface area (Å²) in [6.45, 7) is 2.95. The number of hydrogen-bond acceptors (Lipinski definition) is 4. The fraction of sp³-hybridized carbons (Fsp3) is 0.278. The molecule has 2 N–H and O–H groups in total. The predicted molar refractivity (Wildman–Crippen MR) is 93.9 cm³/mol. The molecule has 8 heteroatoms. The van der Waals surface area contributed by atoms with Crippen LogP contribution >= 0.6 is 0 Å². The average Bonchev–Trinajstić information content (AvgIpc) is 3.23. The first-order valence-corrected chi connectivity index (χ1v) is 8.38. The van der Waals surface area contributed by atoms with Crippen molar-refractivity contribution in [2.75, 3.05) is 6.54 Å². The Morgan fingerprint density at radius 3 is 2.77 bits per heavy atom. The van der Waals surface area contributed by atoms with E-state index < -0.39 is 5.91 Å². The number of benzene rings is 1. The standard InChI is InChI=1S/C18H19N5O3/c1-11-16-19-13(17(24)20-26)10-22(16)7-8-23(11)18(25)15-9-12-5-3-4-6-14(12)21(15)2/h3-6,9-11,26H,7-8H2,1-2H3,(H,20,24). The van der Waals surface area contributed by atoms with Crippen LogP contribution in [0.15, 0.2) is 36.5 Å². The number of rotatable bonds is 2.